The minimum absolute atomic E-state index is 0. The third kappa shape index (κ3) is 18500. The first kappa shape index (κ1) is 311. The Hall–Kier alpha value is 2.94. The highest BCUT2D eigenvalue weighted by Gasteiger charge is 1.69. The normalized spacial score (nSPS) is 3.85. The molecular weight excluding hydrogens is 1020 g/mol. The van der Waals surface area contributed by atoms with E-state index >= 15 is 0 Å². The summed E-state index contributed by atoms with van der Waals surface area (Å²) in [6, 6.07) is 0. The molecule has 9 N–H and O–H groups in total. The maximum absolute atomic E-state index is 9.00. The second-order valence-electron chi connectivity index (χ2n) is 0.881. The number of rotatable bonds is 0. The molecule has 0 aromatic rings. The zero-order valence-electron chi connectivity index (χ0n) is 19.2. The van der Waals surface area contributed by atoms with Crippen molar-refractivity contribution in [3.63, 3.8) is 0 Å². The molecule has 9 unspecified atom stereocenters. The Labute approximate surface area is 368 Å². The van der Waals surface area contributed by atoms with E-state index in [2.05, 4.69) is 22.5 Å². The fourth-order valence-corrected chi connectivity index (χ4v) is 0. The first-order chi connectivity index (χ1) is 15.6. The maximum atomic E-state index is 9.00. The molecule has 0 amide bonds. The van der Waals surface area contributed by atoms with E-state index in [1.807, 2.05) is 13.8 Å². The standard InChI is InChI=1S/C2H6.16CH4.H2O2P2.6HO2P.H3O2P.2O2.H2O.H4P2.4H3P/c1-2;;;;;;;;;;;;;;;;;1-4(2)3;6*1-3-2;1-2-3;2*1-2;;1-2;;;;/h1-2H3;16*1H4;3H2;6*(H,1,2);1H,3H2;;;1H2;1-2H2;4*1H3. The van der Waals surface area contributed by atoms with Crippen molar-refractivity contribution in [2.45, 2.75) is 133 Å². The van der Waals surface area contributed by atoms with E-state index < -0.39 is 59.8 Å². The molecule has 36 heteroatoms. The molecule has 0 radical (unpaired) electrons. The van der Waals surface area contributed by atoms with E-state index in [-0.39, 0.29) is 164 Å². The summed E-state index contributed by atoms with van der Waals surface area (Å²) in [7, 11) is 0.708. The van der Waals surface area contributed by atoms with E-state index in [1.54, 1.807) is 18.4 Å². The molecule has 0 aromatic heterocycles. The number of hydrogen-bond donors (Lipinski definition) is 7. The molecule has 0 aromatic carbocycles. The SMILES string of the molecule is C.C.C.C.C.C.C.C.C.C.C.C.C.C.C.C.CC.O.O=O.O=O.O=PO.O=PO.O=PO.O=PO.O=PO.O=PO.O=[P+]([O-])P.OOP.P.P.P.P.PP. The Morgan fingerprint density at radius 3 is 0.444 bits per heavy atom. The van der Waals surface area contributed by atoms with Gasteiger partial charge in [-0.05, 0) is 0 Å². The molecule has 372 valence electrons. The van der Waals surface area contributed by atoms with Gasteiger partial charge in [0.2, 0.25) is 0 Å². The molecule has 0 saturated heterocycles. The Bertz CT molecular complexity index is 273. The van der Waals surface area contributed by atoms with Crippen LogP contribution in [-0.4, -0.2) is 40.1 Å². The maximum Gasteiger partial charge on any atom is 0.324 e. The second kappa shape index (κ2) is 1010. The molecule has 0 heterocycles. The van der Waals surface area contributed by atoms with Crippen molar-refractivity contribution in [1.82, 2.24) is 0 Å². The summed E-state index contributed by atoms with van der Waals surface area (Å²) < 4.78 is 62.9. The van der Waals surface area contributed by atoms with Crippen LogP contribution in [0.25, 0.3) is 0 Å². The van der Waals surface area contributed by atoms with Gasteiger partial charge in [0, 0.05) is 29.3 Å². The van der Waals surface area contributed by atoms with Crippen LogP contribution in [0.2, 0.25) is 0 Å². The van der Waals surface area contributed by atoms with E-state index in [9.17, 15) is 0 Å². The summed E-state index contributed by atoms with van der Waals surface area (Å²) in [5.41, 5.74) is 0. The molecule has 21 nitrogen and oxygen atoms in total. The molecule has 9 atom stereocenters. The largest absolute Gasteiger partial charge is 0.594 e. The Kier molecular flexibility index (Phi) is 5810. The van der Waals surface area contributed by atoms with Crippen LogP contribution in [0.1, 0.15) is 133 Å². The highest BCUT2D eigenvalue weighted by molar-refractivity contribution is 8.02. The van der Waals surface area contributed by atoms with Crippen LogP contribution in [0.4, 0.5) is 0 Å². The molecule has 0 bridgehead atoms. The number of hydrogen-bond acceptors (Lipinski definition) is 14. The average Bonchev–Trinajstić information content (AvgIpc) is 2.77. The van der Waals surface area contributed by atoms with Gasteiger partial charge in [-0.25, -0.2) is 37.3 Å². The Morgan fingerprint density at radius 2 is 0.444 bits per heavy atom. The summed E-state index contributed by atoms with van der Waals surface area (Å²) in [5, 5.41) is 7.03. The van der Waals surface area contributed by atoms with Crippen LogP contribution in [-0.2, 0) is 36.6 Å². The van der Waals surface area contributed by atoms with E-state index in [0.717, 1.165) is 0 Å². The third-order valence-corrected chi connectivity index (χ3v) is 0. The summed E-state index contributed by atoms with van der Waals surface area (Å²) in [6.45, 7) is 4.00. The van der Waals surface area contributed by atoms with Crippen molar-refractivity contribution in [2.75, 3.05) is 0 Å². The molecule has 0 saturated carbocycles. The van der Waals surface area contributed by atoms with Gasteiger partial charge in [0.15, 0.2) is 0 Å². The zero-order valence-corrected chi connectivity index (χ0v) is 35.7. The smallest absolute Gasteiger partial charge is 0.324 e. The summed E-state index contributed by atoms with van der Waals surface area (Å²) >= 11 is 0. The van der Waals surface area contributed by atoms with Gasteiger partial charge in [-0.1, -0.05) is 137 Å². The monoisotopic (exact) mass is 1120 g/mol. The third-order valence-electron chi connectivity index (χ3n) is 0. The molecule has 0 aliphatic carbocycles. The predicted octanol–water partition coefficient (Wildman–Crippen LogP) is 12.7. The van der Waals surface area contributed by atoms with Gasteiger partial charge >= 0.3 is 59.8 Å². The van der Waals surface area contributed by atoms with Crippen LogP contribution in [0.15, 0.2) is 0 Å². The van der Waals surface area contributed by atoms with Gasteiger partial charge in [0.05, 0.1) is 0 Å². The van der Waals surface area contributed by atoms with Gasteiger partial charge in [-0.15, -0.1) is 17.9 Å². The van der Waals surface area contributed by atoms with Crippen LogP contribution >= 0.6 is 136 Å². The summed E-state index contributed by atoms with van der Waals surface area (Å²) in [4.78, 5) is 78.9. The summed E-state index contributed by atoms with van der Waals surface area (Å²) in [5.74, 6) is 0. The minimum atomic E-state index is -2.20. The molecule has 0 aliphatic heterocycles. The van der Waals surface area contributed by atoms with Crippen molar-refractivity contribution >= 4 is 136 Å². The zero-order chi connectivity index (χ0) is 30.5. The lowest BCUT2D eigenvalue weighted by Crippen LogP contribution is -1.72. The van der Waals surface area contributed by atoms with Gasteiger partial charge < -0.3 is 39.7 Å². The molecule has 0 aliphatic rings. The van der Waals surface area contributed by atoms with Gasteiger partial charge in [0.1, 0.15) is 8.93 Å². The fourth-order valence-electron chi connectivity index (χ4n) is 0. The van der Waals surface area contributed by atoms with E-state index in [4.69, 9.17) is 91.3 Å². The predicted molar refractivity (Wildman–Crippen MR) is 290 cm³/mol. The highest BCUT2D eigenvalue weighted by Crippen LogP contribution is 2.15. The lowest BCUT2D eigenvalue weighted by Gasteiger charge is -1.59. The van der Waals surface area contributed by atoms with Gasteiger partial charge in [0.25, 0.3) is 0 Å². The minimum Gasteiger partial charge on any atom is -0.594 e. The van der Waals surface area contributed by atoms with Gasteiger partial charge in [-0.3, -0.25) is 0 Å². The lowest BCUT2D eigenvalue weighted by molar-refractivity contribution is -0.157. The highest BCUT2D eigenvalue weighted by atomic mass is 32.0. The van der Waals surface area contributed by atoms with Crippen LogP contribution in [0, 0.1) is 19.9 Å². The van der Waals surface area contributed by atoms with Crippen LogP contribution in [0.3, 0.4) is 0 Å². The molecule has 0 spiro atoms. The fraction of sp³-hybridized carbons (Fsp3) is 1.00. The van der Waals surface area contributed by atoms with Gasteiger partial charge in [-0.2, -0.15) is 39.6 Å². The van der Waals surface area contributed by atoms with E-state index in [1.165, 1.54) is 0 Å². The first-order valence-corrected chi connectivity index (χ1v) is 15.5. The lowest BCUT2D eigenvalue weighted by atomic mass is 11.0. The first-order valence-electron chi connectivity index (χ1n) is 5.00. The Morgan fingerprint density at radius 1 is 0.444 bits per heavy atom. The summed E-state index contributed by atoms with van der Waals surface area (Å²) in [6.07, 6.45) is 0. The topological polar surface area (TPSA) is 393 Å². The molecule has 0 rings (SSSR count). The molecule has 0 fully saturated rings. The Balaban J connectivity index is -0.00000000279. The van der Waals surface area contributed by atoms with Crippen molar-refractivity contribution in [3.8, 4) is 0 Å². The molecule has 54 heavy (non-hydrogen) atoms. The van der Waals surface area contributed by atoms with Crippen LogP contribution < -0.4 is 4.89 Å². The average molecular weight is 1120 g/mol. The van der Waals surface area contributed by atoms with Crippen LogP contribution in [0.5, 0.6) is 0 Å². The van der Waals surface area contributed by atoms with Crippen molar-refractivity contribution in [3.05, 3.63) is 19.9 Å². The van der Waals surface area contributed by atoms with Crippen molar-refractivity contribution in [2.24, 2.45) is 0 Å². The van der Waals surface area contributed by atoms with E-state index in [0.29, 0.717) is 0 Å². The molecular formula is C18H99O21P15. The quantitative estimate of drug-likeness (QED) is 0.0673. The second-order valence-corrected chi connectivity index (χ2v) is 3.91. The van der Waals surface area contributed by atoms with Crippen molar-refractivity contribution < 1.29 is 81.6 Å². The van der Waals surface area contributed by atoms with Crippen molar-refractivity contribution in [1.29, 1.82) is 0 Å².